The molecule has 0 spiro atoms. The highest BCUT2D eigenvalue weighted by Crippen LogP contribution is 2.35. The van der Waals surface area contributed by atoms with Crippen LogP contribution < -0.4 is 15.4 Å². The average molecular weight is 412 g/mol. The molecule has 0 saturated carbocycles. The number of para-hydroxylation sites is 2. The Morgan fingerprint density at radius 3 is 2.55 bits per heavy atom. The van der Waals surface area contributed by atoms with E-state index >= 15 is 0 Å². The molecule has 1 aliphatic rings. The number of imide groups is 1. The molecule has 0 unspecified atom stereocenters. The lowest BCUT2D eigenvalue weighted by atomic mass is 10.1. The third kappa shape index (κ3) is 4.57. The number of hydrogen-bond acceptors (Lipinski definition) is 7. The Morgan fingerprint density at radius 2 is 1.86 bits per heavy atom. The van der Waals surface area contributed by atoms with Gasteiger partial charge >= 0.3 is 0 Å². The van der Waals surface area contributed by atoms with E-state index in [4.69, 9.17) is 10.5 Å². The fraction of sp³-hybridized carbons (Fsp3) is 0.200. The van der Waals surface area contributed by atoms with E-state index < -0.39 is 5.25 Å². The minimum absolute atomic E-state index is 0.0123. The third-order valence-corrected chi connectivity index (χ3v) is 5.25. The van der Waals surface area contributed by atoms with Gasteiger partial charge in [-0.25, -0.2) is 4.90 Å². The van der Waals surface area contributed by atoms with E-state index in [2.05, 4.69) is 10.2 Å². The molecule has 2 aromatic rings. The third-order valence-electron chi connectivity index (χ3n) is 4.28. The van der Waals surface area contributed by atoms with Gasteiger partial charge in [-0.05, 0) is 48.9 Å². The van der Waals surface area contributed by atoms with Crippen molar-refractivity contribution in [2.24, 2.45) is 15.9 Å². The van der Waals surface area contributed by atoms with Crippen molar-refractivity contribution in [2.45, 2.75) is 18.6 Å². The number of phenolic OH excluding ortho intramolecular Hbond substituents is 1. The topological polar surface area (TPSA) is 118 Å². The zero-order valence-electron chi connectivity index (χ0n) is 15.9. The largest absolute Gasteiger partial charge is 0.508 e. The number of thioether (sulfide) groups is 1. The number of nitrogens with zero attached hydrogens (tertiary/aromatic N) is 3. The number of amidine groups is 1. The van der Waals surface area contributed by atoms with E-state index in [0.717, 1.165) is 22.2 Å². The zero-order valence-corrected chi connectivity index (χ0v) is 16.7. The van der Waals surface area contributed by atoms with Crippen molar-refractivity contribution >= 4 is 40.1 Å². The first-order valence-electron chi connectivity index (χ1n) is 8.74. The molecule has 0 aliphatic carbocycles. The first-order chi connectivity index (χ1) is 13.9. The summed E-state index contributed by atoms with van der Waals surface area (Å²) in [6.07, 6.45) is 0.0123. The van der Waals surface area contributed by atoms with Crippen LogP contribution in [0.1, 0.15) is 18.9 Å². The molecule has 150 valence electrons. The van der Waals surface area contributed by atoms with E-state index in [-0.39, 0.29) is 29.2 Å². The maximum Gasteiger partial charge on any atom is 0.248 e. The number of amides is 2. The van der Waals surface area contributed by atoms with Gasteiger partial charge in [0.1, 0.15) is 16.7 Å². The number of anilines is 1. The SMILES string of the molecule is COc1ccccc1N1C(=O)C[C@@H](SC(N)=N/N=C(\C)c2ccc(O)cc2)C1=O. The van der Waals surface area contributed by atoms with Crippen LogP contribution in [-0.2, 0) is 9.59 Å². The number of ether oxygens (including phenoxy) is 1. The second kappa shape index (κ2) is 8.78. The average Bonchev–Trinajstić information content (AvgIpc) is 2.99. The molecule has 2 amide bonds. The van der Waals surface area contributed by atoms with Gasteiger partial charge in [0.2, 0.25) is 11.8 Å². The monoisotopic (exact) mass is 412 g/mol. The smallest absolute Gasteiger partial charge is 0.248 e. The van der Waals surface area contributed by atoms with E-state index in [0.29, 0.717) is 17.1 Å². The molecule has 0 bridgehead atoms. The summed E-state index contributed by atoms with van der Waals surface area (Å²) in [6.45, 7) is 1.75. The van der Waals surface area contributed by atoms with Gasteiger partial charge in [-0.1, -0.05) is 23.9 Å². The maximum atomic E-state index is 12.8. The van der Waals surface area contributed by atoms with Gasteiger partial charge in [0.25, 0.3) is 0 Å². The van der Waals surface area contributed by atoms with Crippen LogP contribution in [-0.4, -0.2) is 40.2 Å². The van der Waals surface area contributed by atoms with Crippen molar-refractivity contribution in [1.82, 2.24) is 0 Å². The molecule has 3 N–H and O–H groups in total. The number of benzene rings is 2. The Hall–Kier alpha value is -3.33. The van der Waals surface area contributed by atoms with Crippen LogP contribution in [0, 0.1) is 0 Å². The number of methoxy groups -OCH3 is 1. The number of phenols is 1. The Balaban J connectivity index is 1.72. The lowest BCUT2D eigenvalue weighted by Crippen LogP contribution is -2.32. The number of carbonyl (C=O) groups is 2. The van der Waals surface area contributed by atoms with Gasteiger partial charge in [0.15, 0.2) is 5.17 Å². The van der Waals surface area contributed by atoms with E-state index in [1.807, 2.05) is 0 Å². The van der Waals surface area contributed by atoms with E-state index in [9.17, 15) is 14.7 Å². The summed E-state index contributed by atoms with van der Waals surface area (Å²) in [5.74, 6) is -0.102. The van der Waals surface area contributed by atoms with Crippen LogP contribution in [0.3, 0.4) is 0 Å². The molecular weight excluding hydrogens is 392 g/mol. The minimum atomic E-state index is -0.680. The summed E-state index contributed by atoms with van der Waals surface area (Å²) < 4.78 is 5.25. The molecule has 1 atom stereocenters. The molecule has 1 aliphatic heterocycles. The summed E-state index contributed by atoms with van der Waals surface area (Å²) >= 11 is 0.998. The van der Waals surface area contributed by atoms with Crippen molar-refractivity contribution in [3.8, 4) is 11.5 Å². The molecule has 9 heteroatoms. The van der Waals surface area contributed by atoms with Gasteiger partial charge < -0.3 is 15.6 Å². The van der Waals surface area contributed by atoms with Gasteiger partial charge in [-0.15, -0.1) is 5.10 Å². The van der Waals surface area contributed by atoms with Crippen molar-refractivity contribution in [1.29, 1.82) is 0 Å². The fourth-order valence-electron chi connectivity index (χ4n) is 2.82. The number of rotatable bonds is 5. The zero-order chi connectivity index (χ0) is 21.0. The first-order valence-corrected chi connectivity index (χ1v) is 9.62. The Bertz CT molecular complexity index is 988. The summed E-state index contributed by atoms with van der Waals surface area (Å²) in [6, 6.07) is 13.3. The molecular formula is C20H20N4O4S. The predicted octanol–water partition coefficient (Wildman–Crippen LogP) is 2.50. The van der Waals surface area contributed by atoms with Gasteiger partial charge in [-0.3, -0.25) is 9.59 Å². The molecule has 1 saturated heterocycles. The highest BCUT2D eigenvalue weighted by atomic mass is 32.2. The Labute approximate surface area is 172 Å². The lowest BCUT2D eigenvalue weighted by Gasteiger charge is -2.17. The second-order valence-electron chi connectivity index (χ2n) is 6.22. The lowest BCUT2D eigenvalue weighted by molar-refractivity contribution is -0.121. The van der Waals surface area contributed by atoms with Gasteiger partial charge in [0.05, 0.1) is 18.5 Å². The van der Waals surface area contributed by atoms with Gasteiger partial charge in [0, 0.05) is 6.42 Å². The second-order valence-corrected chi connectivity index (χ2v) is 7.44. The summed E-state index contributed by atoms with van der Waals surface area (Å²) in [4.78, 5) is 26.3. The highest BCUT2D eigenvalue weighted by Gasteiger charge is 2.41. The fourth-order valence-corrected chi connectivity index (χ4v) is 3.63. The van der Waals surface area contributed by atoms with Crippen LogP contribution in [0.25, 0.3) is 0 Å². The Kier molecular flexibility index (Phi) is 6.18. The number of hydrogen-bond donors (Lipinski definition) is 2. The van der Waals surface area contributed by atoms with Crippen molar-refractivity contribution in [3.05, 3.63) is 54.1 Å². The van der Waals surface area contributed by atoms with Crippen LogP contribution >= 0.6 is 11.8 Å². The van der Waals surface area contributed by atoms with Crippen molar-refractivity contribution < 1.29 is 19.4 Å². The number of aromatic hydroxyl groups is 1. The Morgan fingerprint density at radius 1 is 1.17 bits per heavy atom. The highest BCUT2D eigenvalue weighted by molar-refractivity contribution is 8.14. The van der Waals surface area contributed by atoms with Crippen LogP contribution in [0.15, 0.2) is 58.7 Å². The molecule has 1 heterocycles. The van der Waals surface area contributed by atoms with Crippen LogP contribution in [0.4, 0.5) is 5.69 Å². The van der Waals surface area contributed by atoms with Gasteiger partial charge in [-0.2, -0.15) is 5.10 Å². The molecule has 8 nitrogen and oxygen atoms in total. The van der Waals surface area contributed by atoms with Crippen LogP contribution in [0.2, 0.25) is 0 Å². The molecule has 2 aromatic carbocycles. The number of carbonyl (C=O) groups excluding carboxylic acids is 2. The summed E-state index contributed by atoms with van der Waals surface area (Å²) in [5.41, 5.74) is 7.69. The van der Waals surface area contributed by atoms with Crippen molar-refractivity contribution in [2.75, 3.05) is 12.0 Å². The number of nitrogens with two attached hydrogens (primary N) is 1. The van der Waals surface area contributed by atoms with Crippen molar-refractivity contribution in [3.63, 3.8) is 0 Å². The first kappa shape index (κ1) is 20.4. The molecule has 29 heavy (non-hydrogen) atoms. The van der Waals surface area contributed by atoms with Crippen LogP contribution in [0.5, 0.6) is 11.5 Å². The quantitative estimate of drug-likeness (QED) is 0.337. The maximum absolute atomic E-state index is 12.8. The predicted molar refractivity (Wildman–Crippen MR) is 113 cm³/mol. The molecule has 0 aromatic heterocycles. The molecule has 0 radical (unpaired) electrons. The van der Waals surface area contributed by atoms with E-state index in [1.165, 1.54) is 7.11 Å². The standard InChI is InChI=1S/C20H20N4O4S/c1-12(13-7-9-14(25)10-8-13)22-23-20(21)29-17-11-18(26)24(19(17)27)15-5-3-4-6-16(15)28-2/h3-10,17,25H,11H2,1-2H3,(H2,21,23)/b22-12+/t17-/m1/s1. The summed E-state index contributed by atoms with van der Waals surface area (Å²) in [5, 5.41) is 16.8. The normalized spacial score (nSPS) is 17.7. The summed E-state index contributed by atoms with van der Waals surface area (Å²) in [7, 11) is 1.48. The minimum Gasteiger partial charge on any atom is -0.508 e. The molecule has 3 rings (SSSR count). The van der Waals surface area contributed by atoms with E-state index in [1.54, 1.807) is 55.5 Å². The molecule has 1 fully saturated rings.